The molecule has 1 aliphatic heterocycles. The molecule has 0 unspecified atom stereocenters. The van der Waals surface area contributed by atoms with Crippen LogP contribution in [0.15, 0.2) is 18.2 Å². The largest absolute Gasteiger partial charge is 0.377 e. The molecule has 17 heavy (non-hydrogen) atoms. The summed E-state index contributed by atoms with van der Waals surface area (Å²) in [6, 6.07) is 3.21. The summed E-state index contributed by atoms with van der Waals surface area (Å²) in [6.45, 7) is 4.52. The van der Waals surface area contributed by atoms with Crippen molar-refractivity contribution in [2.75, 3.05) is 18.5 Å². The van der Waals surface area contributed by atoms with Crippen LogP contribution in [0.3, 0.4) is 0 Å². The maximum atomic E-state index is 13.0. The molecular weight excluding hydrogens is 228 g/mol. The molecule has 1 saturated heterocycles. The normalized spacial score (nSPS) is 20.2. The average molecular weight is 243 g/mol. The molecule has 1 heterocycles. The van der Waals surface area contributed by atoms with Gasteiger partial charge < -0.3 is 14.8 Å². The van der Waals surface area contributed by atoms with Crippen LogP contribution in [0.4, 0.5) is 14.5 Å². The summed E-state index contributed by atoms with van der Waals surface area (Å²) < 4.78 is 36.8. The van der Waals surface area contributed by atoms with Crippen molar-refractivity contribution in [2.24, 2.45) is 0 Å². The molecular formula is C12H15F2NO2. The fourth-order valence-electron chi connectivity index (χ4n) is 1.65. The maximum absolute atomic E-state index is 13.0. The van der Waals surface area contributed by atoms with E-state index in [1.54, 1.807) is 0 Å². The van der Waals surface area contributed by atoms with Crippen molar-refractivity contribution in [3.8, 4) is 0 Å². The topological polar surface area (TPSA) is 30.5 Å². The molecule has 0 saturated carbocycles. The Morgan fingerprint density at radius 1 is 1.12 bits per heavy atom. The van der Waals surface area contributed by atoms with E-state index in [9.17, 15) is 8.78 Å². The van der Waals surface area contributed by atoms with Gasteiger partial charge in [0.25, 0.3) is 0 Å². The van der Waals surface area contributed by atoms with Gasteiger partial charge in [-0.05, 0) is 26.0 Å². The number of nitrogens with one attached hydrogen (secondary N) is 1. The molecule has 1 aromatic carbocycles. The second-order valence-electron chi connectivity index (χ2n) is 4.52. The molecule has 94 valence electrons. The summed E-state index contributed by atoms with van der Waals surface area (Å²) in [7, 11) is 0. The van der Waals surface area contributed by atoms with Gasteiger partial charge in [0.1, 0.15) is 11.6 Å². The molecule has 0 aliphatic carbocycles. The first-order valence-corrected chi connectivity index (χ1v) is 5.45. The Bertz CT molecular complexity index is 379. The minimum atomic E-state index is -0.606. The van der Waals surface area contributed by atoms with Crippen LogP contribution in [0.1, 0.15) is 13.8 Å². The minimum absolute atomic E-state index is 0.107. The summed E-state index contributed by atoms with van der Waals surface area (Å²) in [5.74, 6) is -1.80. The Labute approximate surface area is 98.7 Å². The molecule has 1 aromatic rings. The van der Waals surface area contributed by atoms with Gasteiger partial charge in [0.05, 0.1) is 19.3 Å². The van der Waals surface area contributed by atoms with E-state index in [0.29, 0.717) is 18.9 Å². The van der Waals surface area contributed by atoms with Gasteiger partial charge in [-0.3, -0.25) is 0 Å². The fraction of sp³-hybridized carbons (Fsp3) is 0.500. The van der Waals surface area contributed by atoms with Crippen LogP contribution in [0.25, 0.3) is 0 Å². The highest BCUT2D eigenvalue weighted by Gasteiger charge is 2.28. The molecule has 0 spiro atoms. The fourth-order valence-corrected chi connectivity index (χ4v) is 1.65. The van der Waals surface area contributed by atoms with Crippen molar-refractivity contribution in [1.29, 1.82) is 0 Å². The molecule has 0 aromatic heterocycles. The summed E-state index contributed by atoms with van der Waals surface area (Å²) in [5, 5.41) is 2.97. The van der Waals surface area contributed by atoms with E-state index in [1.165, 1.54) is 12.1 Å². The average Bonchev–Trinajstić information content (AvgIpc) is 2.20. The first-order chi connectivity index (χ1) is 7.94. The molecule has 1 fully saturated rings. The van der Waals surface area contributed by atoms with Crippen LogP contribution in [-0.2, 0) is 9.47 Å². The number of anilines is 1. The highest BCUT2D eigenvalue weighted by Crippen LogP contribution is 2.20. The molecule has 5 heteroatoms. The van der Waals surface area contributed by atoms with Gasteiger partial charge in [0.15, 0.2) is 5.79 Å². The molecule has 0 amide bonds. The molecule has 1 N–H and O–H groups in total. The number of rotatable bonds is 2. The summed E-state index contributed by atoms with van der Waals surface area (Å²) in [6.07, 6.45) is 0. The zero-order valence-electron chi connectivity index (χ0n) is 9.80. The van der Waals surface area contributed by atoms with Crippen molar-refractivity contribution >= 4 is 5.69 Å². The van der Waals surface area contributed by atoms with E-state index in [0.717, 1.165) is 6.07 Å². The van der Waals surface area contributed by atoms with Crippen LogP contribution in [0, 0.1) is 11.6 Å². The first kappa shape index (κ1) is 12.3. The third-order valence-electron chi connectivity index (χ3n) is 2.50. The second-order valence-corrected chi connectivity index (χ2v) is 4.52. The Morgan fingerprint density at radius 2 is 1.65 bits per heavy atom. The lowest BCUT2D eigenvalue weighted by Crippen LogP contribution is -2.45. The quantitative estimate of drug-likeness (QED) is 0.865. The lowest BCUT2D eigenvalue weighted by Gasteiger charge is -2.35. The molecule has 1 aliphatic rings. The van der Waals surface area contributed by atoms with Crippen molar-refractivity contribution in [3.05, 3.63) is 29.8 Å². The van der Waals surface area contributed by atoms with Crippen molar-refractivity contribution in [3.63, 3.8) is 0 Å². The zero-order chi connectivity index (χ0) is 12.5. The molecule has 0 atom stereocenters. The smallest absolute Gasteiger partial charge is 0.162 e. The van der Waals surface area contributed by atoms with Crippen LogP contribution < -0.4 is 5.32 Å². The van der Waals surface area contributed by atoms with Crippen LogP contribution in [-0.4, -0.2) is 25.0 Å². The van der Waals surface area contributed by atoms with Crippen molar-refractivity contribution in [2.45, 2.75) is 25.7 Å². The van der Waals surface area contributed by atoms with Crippen LogP contribution in [0.2, 0.25) is 0 Å². The predicted molar refractivity (Wildman–Crippen MR) is 59.8 cm³/mol. The molecule has 0 radical (unpaired) electrons. The van der Waals surface area contributed by atoms with Crippen molar-refractivity contribution in [1.82, 2.24) is 0 Å². The number of hydrogen-bond donors (Lipinski definition) is 1. The lowest BCUT2D eigenvalue weighted by atomic mass is 10.2. The molecule has 3 nitrogen and oxygen atoms in total. The van der Waals surface area contributed by atoms with Gasteiger partial charge in [0.2, 0.25) is 0 Å². The third kappa shape index (κ3) is 3.38. The number of benzene rings is 1. The highest BCUT2D eigenvalue weighted by atomic mass is 19.1. The zero-order valence-corrected chi connectivity index (χ0v) is 9.80. The van der Waals surface area contributed by atoms with E-state index < -0.39 is 17.4 Å². The third-order valence-corrected chi connectivity index (χ3v) is 2.50. The van der Waals surface area contributed by atoms with E-state index in [-0.39, 0.29) is 6.04 Å². The van der Waals surface area contributed by atoms with E-state index in [4.69, 9.17) is 9.47 Å². The lowest BCUT2D eigenvalue weighted by molar-refractivity contribution is -0.247. The van der Waals surface area contributed by atoms with Crippen molar-refractivity contribution < 1.29 is 18.3 Å². The van der Waals surface area contributed by atoms with Crippen LogP contribution in [0.5, 0.6) is 0 Å². The Balaban J connectivity index is 1.97. The minimum Gasteiger partial charge on any atom is -0.377 e. The van der Waals surface area contributed by atoms with Crippen LogP contribution >= 0.6 is 0 Å². The van der Waals surface area contributed by atoms with Gasteiger partial charge in [-0.15, -0.1) is 0 Å². The summed E-state index contributed by atoms with van der Waals surface area (Å²) in [4.78, 5) is 0. The monoisotopic (exact) mass is 243 g/mol. The van der Waals surface area contributed by atoms with Gasteiger partial charge in [-0.1, -0.05) is 0 Å². The highest BCUT2D eigenvalue weighted by molar-refractivity contribution is 5.44. The van der Waals surface area contributed by atoms with Gasteiger partial charge in [0, 0.05) is 11.8 Å². The number of ether oxygens (including phenoxy) is 2. The first-order valence-electron chi connectivity index (χ1n) is 5.45. The SMILES string of the molecule is CC1(C)OCC(Nc2cc(F)cc(F)c2)CO1. The van der Waals surface area contributed by atoms with E-state index in [1.807, 2.05) is 13.8 Å². The summed E-state index contributed by atoms with van der Waals surface area (Å²) >= 11 is 0. The summed E-state index contributed by atoms with van der Waals surface area (Å²) in [5.41, 5.74) is 0.388. The molecule has 2 rings (SSSR count). The van der Waals surface area contributed by atoms with Gasteiger partial charge in [-0.25, -0.2) is 8.78 Å². The van der Waals surface area contributed by atoms with E-state index >= 15 is 0 Å². The van der Waals surface area contributed by atoms with Gasteiger partial charge >= 0.3 is 0 Å². The Morgan fingerprint density at radius 3 is 2.18 bits per heavy atom. The second kappa shape index (κ2) is 4.58. The number of halogens is 2. The Kier molecular flexibility index (Phi) is 3.31. The molecule has 0 bridgehead atoms. The van der Waals surface area contributed by atoms with E-state index in [2.05, 4.69) is 5.32 Å². The maximum Gasteiger partial charge on any atom is 0.162 e. The number of hydrogen-bond acceptors (Lipinski definition) is 3. The predicted octanol–water partition coefficient (Wildman–Crippen LogP) is 2.53. The van der Waals surface area contributed by atoms with Gasteiger partial charge in [-0.2, -0.15) is 0 Å². The Hall–Kier alpha value is -1.20. The standard InChI is InChI=1S/C12H15F2NO2/c1-12(2)16-6-11(7-17-12)15-10-4-8(13)3-9(14)5-10/h3-5,11,15H,6-7H2,1-2H3.